The number of hydrogen-bond acceptors (Lipinski definition) is 3. The highest BCUT2D eigenvalue weighted by Crippen LogP contribution is 2.71. The number of nitrogens with zero attached hydrogens (tertiary/aromatic N) is 3. The van der Waals surface area contributed by atoms with Crippen molar-refractivity contribution in [1.82, 2.24) is 14.8 Å². The summed E-state index contributed by atoms with van der Waals surface area (Å²) in [4.78, 5) is 16.7. The Morgan fingerprint density at radius 3 is 2.73 bits per heavy atom. The summed E-state index contributed by atoms with van der Waals surface area (Å²) < 4.78 is 15.9. The fraction of sp³-hybridized carbons (Fsp3) is 0.471. The van der Waals surface area contributed by atoms with Crippen LogP contribution in [-0.4, -0.2) is 20.5 Å². The third kappa shape index (κ3) is 1.65. The Morgan fingerprint density at radius 2 is 2.05 bits per heavy atom. The molecule has 5 heteroatoms. The van der Waals surface area contributed by atoms with E-state index in [1.165, 1.54) is 0 Å². The molecule has 3 aliphatic rings. The normalized spacial score (nSPS) is 30.3. The molecule has 1 unspecified atom stereocenters. The molecule has 2 saturated carbocycles. The first-order valence-electron chi connectivity index (χ1n) is 7.88. The number of halogens is 1. The van der Waals surface area contributed by atoms with Gasteiger partial charge < -0.3 is 0 Å². The molecule has 22 heavy (non-hydrogen) atoms. The van der Waals surface area contributed by atoms with E-state index in [2.05, 4.69) is 10.1 Å². The van der Waals surface area contributed by atoms with Crippen molar-refractivity contribution in [3.63, 3.8) is 0 Å². The number of Topliss-reactive ketones (excluding diaryl/α,β-unsaturated/α-hetero) is 1. The van der Waals surface area contributed by atoms with Crippen molar-refractivity contribution < 1.29 is 9.18 Å². The van der Waals surface area contributed by atoms with Crippen molar-refractivity contribution in [3.05, 3.63) is 47.5 Å². The van der Waals surface area contributed by atoms with Crippen LogP contribution in [0.5, 0.6) is 0 Å². The summed E-state index contributed by atoms with van der Waals surface area (Å²) in [7, 11) is 0. The average Bonchev–Trinajstić information content (AvgIpc) is 3.39. The van der Waals surface area contributed by atoms with Crippen LogP contribution in [0.2, 0.25) is 0 Å². The van der Waals surface area contributed by atoms with Crippen LogP contribution in [-0.2, 0) is 0 Å². The second-order valence-electron chi connectivity index (χ2n) is 6.85. The molecule has 112 valence electrons. The standard InChI is InChI=1S/C17H16FN3O/c18-12-8-13(10-4-2-1-3-5-10)21-16(12)19-15(20-21)14(22)11-9-17(11)6-7-17/h1-5,11-13H,6-9H2/t11?,12-,13-/m0/s1. The van der Waals surface area contributed by atoms with Gasteiger partial charge in [0.15, 0.2) is 12.0 Å². The number of alkyl halides is 1. The predicted octanol–water partition coefficient (Wildman–Crippen LogP) is 3.26. The molecule has 2 heterocycles. The number of ketones is 1. The molecular formula is C17H16FN3O. The summed E-state index contributed by atoms with van der Waals surface area (Å²) in [6.45, 7) is 0. The van der Waals surface area contributed by atoms with Crippen molar-refractivity contribution in [2.24, 2.45) is 11.3 Å². The van der Waals surface area contributed by atoms with Gasteiger partial charge in [-0.15, -0.1) is 5.10 Å². The Kier molecular flexibility index (Phi) is 2.29. The van der Waals surface area contributed by atoms with Crippen LogP contribution in [0, 0.1) is 11.3 Å². The molecule has 3 atom stereocenters. The molecule has 5 rings (SSSR count). The van der Waals surface area contributed by atoms with Crippen LogP contribution in [0.4, 0.5) is 4.39 Å². The van der Waals surface area contributed by atoms with Gasteiger partial charge in [0.1, 0.15) is 0 Å². The Hall–Kier alpha value is -2.04. The van der Waals surface area contributed by atoms with Crippen LogP contribution in [0.25, 0.3) is 0 Å². The topological polar surface area (TPSA) is 47.8 Å². The van der Waals surface area contributed by atoms with Crippen LogP contribution < -0.4 is 0 Å². The lowest BCUT2D eigenvalue weighted by molar-refractivity contribution is 0.0948. The van der Waals surface area contributed by atoms with Crippen LogP contribution in [0.1, 0.15) is 59.9 Å². The molecule has 2 fully saturated rings. The van der Waals surface area contributed by atoms with Crippen molar-refractivity contribution in [1.29, 1.82) is 0 Å². The van der Waals surface area contributed by atoms with Gasteiger partial charge in [-0.1, -0.05) is 30.3 Å². The van der Waals surface area contributed by atoms with Gasteiger partial charge in [0.2, 0.25) is 11.6 Å². The van der Waals surface area contributed by atoms with Gasteiger partial charge >= 0.3 is 0 Å². The largest absolute Gasteiger partial charge is 0.290 e. The van der Waals surface area contributed by atoms with Crippen LogP contribution >= 0.6 is 0 Å². The number of benzene rings is 1. The smallest absolute Gasteiger partial charge is 0.217 e. The second-order valence-corrected chi connectivity index (χ2v) is 6.85. The van der Waals surface area contributed by atoms with E-state index < -0.39 is 6.17 Å². The lowest BCUT2D eigenvalue weighted by atomic mass is 10.0. The molecule has 4 nitrogen and oxygen atoms in total. The summed E-state index contributed by atoms with van der Waals surface area (Å²) in [5.74, 6) is 0.622. The Bertz CT molecular complexity index is 765. The Balaban J connectivity index is 1.49. The van der Waals surface area contributed by atoms with Gasteiger partial charge in [0, 0.05) is 12.3 Å². The van der Waals surface area contributed by atoms with E-state index in [1.807, 2.05) is 30.3 Å². The molecule has 1 aromatic heterocycles. The van der Waals surface area contributed by atoms with Crippen molar-refractivity contribution in [2.45, 2.75) is 37.9 Å². The predicted molar refractivity (Wildman–Crippen MR) is 77.2 cm³/mol. The second kappa shape index (κ2) is 4.03. The van der Waals surface area contributed by atoms with E-state index in [1.54, 1.807) is 4.68 Å². The molecular weight excluding hydrogens is 281 g/mol. The third-order valence-electron chi connectivity index (χ3n) is 5.47. The molecule has 2 aromatic rings. The average molecular weight is 297 g/mol. The van der Waals surface area contributed by atoms with E-state index in [4.69, 9.17) is 0 Å². The zero-order valence-corrected chi connectivity index (χ0v) is 12.1. The van der Waals surface area contributed by atoms with E-state index in [0.717, 1.165) is 24.8 Å². The molecule has 0 N–H and O–H groups in total. The molecule has 0 amide bonds. The zero-order chi connectivity index (χ0) is 14.9. The Labute approximate surface area is 127 Å². The molecule has 1 aromatic carbocycles. The first-order chi connectivity index (χ1) is 10.7. The maximum atomic E-state index is 14.3. The maximum absolute atomic E-state index is 14.3. The minimum absolute atomic E-state index is 0.0124. The maximum Gasteiger partial charge on any atom is 0.217 e. The van der Waals surface area contributed by atoms with E-state index in [0.29, 0.717) is 12.2 Å². The highest BCUT2D eigenvalue weighted by molar-refractivity contribution is 5.97. The fourth-order valence-corrected chi connectivity index (χ4v) is 3.82. The molecule has 0 saturated heterocycles. The summed E-state index contributed by atoms with van der Waals surface area (Å²) in [6, 6.07) is 9.58. The van der Waals surface area contributed by atoms with Crippen molar-refractivity contribution in [2.75, 3.05) is 0 Å². The number of carbonyl (C=O) groups is 1. The minimum Gasteiger partial charge on any atom is -0.290 e. The molecule has 0 bridgehead atoms. The van der Waals surface area contributed by atoms with Crippen molar-refractivity contribution in [3.8, 4) is 0 Å². The van der Waals surface area contributed by atoms with E-state index in [9.17, 15) is 9.18 Å². The summed E-state index contributed by atoms with van der Waals surface area (Å²) >= 11 is 0. The quantitative estimate of drug-likeness (QED) is 0.817. The highest BCUT2D eigenvalue weighted by Gasteiger charge is 2.66. The van der Waals surface area contributed by atoms with E-state index >= 15 is 0 Å². The number of hydrogen-bond donors (Lipinski definition) is 0. The SMILES string of the molecule is O=C(c1nc2n(n1)[C@H](c1ccccc1)C[C@@H]2F)C1CC12CC2. The number of fused-ring (bicyclic) bond motifs is 1. The fourth-order valence-electron chi connectivity index (χ4n) is 3.82. The van der Waals surface area contributed by atoms with Gasteiger partial charge in [-0.25, -0.2) is 14.1 Å². The van der Waals surface area contributed by atoms with E-state index in [-0.39, 0.29) is 29.0 Å². The Morgan fingerprint density at radius 1 is 1.27 bits per heavy atom. The molecule has 1 spiro atoms. The van der Waals surface area contributed by atoms with Gasteiger partial charge in [-0.3, -0.25) is 4.79 Å². The van der Waals surface area contributed by atoms with Crippen LogP contribution in [0.15, 0.2) is 30.3 Å². The van der Waals surface area contributed by atoms with Gasteiger partial charge in [0.25, 0.3) is 0 Å². The number of carbonyl (C=O) groups excluding carboxylic acids is 1. The van der Waals surface area contributed by atoms with Gasteiger partial charge in [-0.05, 0) is 30.2 Å². The number of rotatable bonds is 3. The molecule has 1 aliphatic heterocycles. The highest BCUT2D eigenvalue weighted by atomic mass is 19.1. The molecule has 2 aliphatic carbocycles. The minimum atomic E-state index is -1.15. The molecule has 0 radical (unpaired) electrons. The van der Waals surface area contributed by atoms with Crippen LogP contribution in [0.3, 0.4) is 0 Å². The first kappa shape index (κ1) is 12.5. The third-order valence-corrected chi connectivity index (χ3v) is 5.47. The lowest BCUT2D eigenvalue weighted by Gasteiger charge is -2.11. The monoisotopic (exact) mass is 297 g/mol. The lowest BCUT2D eigenvalue weighted by Crippen LogP contribution is -2.11. The summed E-state index contributed by atoms with van der Waals surface area (Å²) in [6.07, 6.45) is 2.47. The summed E-state index contributed by atoms with van der Waals surface area (Å²) in [5.41, 5.74) is 1.29. The van der Waals surface area contributed by atoms with Gasteiger partial charge in [-0.2, -0.15) is 0 Å². The first-order valence-corrected chi connectivity index (χ1v) is 7.88. The van der Waals surface area contributed by atoms with Gasteiger partial charge in [0.05, 0.1) is 6.04 Å². The summed E-state index contributed by atoms with van der Waals surface area (Å²) in [5, 5.41) is 4.37. The van der Waals surface area contributed by atoms with Crippen molar-refractivity contribution >= 4 is 5.78 Å². The number of aromatic nitrogens is 3. The zero-order valence-electron chi connectivity index (χ0n) is 12.1.